The number of hydrogen-bond donors (Lipinski definition) is 4. The summed E-state index contributed by atoms with van der Waals surface area (Å²) in [5, 5.41) is 0. The van der Waals surface area contributed by atoms with Crippen molar-refractivity contribution in [2.75, 3.05) is 0 Å². The van der Waals surface area contributed by atoms with Crippen molar-refractivity contribution >= 4 is 18.2 Å². The normalized spacial score (nSPS) is 9.54. The fraction of sp³-hybridized carbons (Fsp3) is 0.118. The van der Waals surface area contributed by atoms with Gasteiger partial charge in [-0.05, 0) is 11.1 Å². The molecule has 4 N–H and O–H groups in total. The smallest absolute Gasteiger partial charge is 0.426 e. The molecule has 0 saturated carbocycles. The largest absolute Gasteiger partial charge is 0.443 e. The number of nitrogens with one attached hydrogen (secondary N) is 4. The Labute approximate surface area is 149 Å². The molecule has 2 aromatic carbocycles. The minimum atomic E-state index is -0.877. The van der Waals surface area contributed by atoms with E-state index in [2.05, 4.69) is 0 Å². The Bertz CT molecular complexity index is 663. The van der Waals surface area contributed by atoms with Crippen LogP contribution in [0.1, 0.15) is 11.1 Å². The zero-order chi connectivity index (χ0) is 18.6. The van der Waals surface area contributed by atoms with Gasteiger partial charge < -0.3 is 9.47 Å². The predicted octanol–water partition coefficient (Wildman–Crippen LogP) is 1.97. The van der Waals surface area contributed by atoms with Crippen molar-refractivity contribution in [1.29, 1.82) is 0 Å². The van der Waals surface area contributed by atoms with Gasteiger partial charge in [0, 0.05) is 0 Å². The fourth-order valence-corrected chi connectivity index (χ4v) is 1.77. The van der Waals surface area contributed by atoms with Crippen molar-refractivity contribution in [3.63, 3.8) is 0 Å². The number of hydrogen-bond acceptors (Lipinski definition) is 5. The van der Waals surface area contributed by atoms with Gasteiger partial charge in [0.2, 0.25) is 0 Å². The fourth-order valence-electron chi connectivity index (χ4n) is 1.77. The Balaban J connectivity index is 1.56. The van der Waals surface area contributed by atoms with E-state index in [0.717, 1.165) is 11.1 Å². The van der Waals surface area contributed by atoms with Crippen LogP contribution in [0.3, 0.4) is 0 Å². The molecule has 9 heteroatoms. The SMILES string of the molecule is O=C(NNC(=O)OCc1ccccc1)NNC(=O)OCc1ccccc1. The van der Waals surface area contributed by atoms with Crippen LogP contribution in [0, 0.1) is 0 Å². The Kier molecular flexibility index (Phi) is 7.28. The maximum Gasteiger partial charge on any atom is 0.426 e. The highest BCUT2D eigenvalue weighted by molar-refractivity contribution is 5.79. The molecule has 0 bridgehead atoms. The quantitative estimate of drug-likeness (QED) is 0.623. The molecular weight excluding hydrogens is 340 g/mol. The third kappa shape index (κ3) is 7.21. The lowest BCUT2D eigenvalue weighted by atomic mass is 10.2. The lowest BCUT2D eigenvalue weighted by Crippen LogP contribution is -2.52. The molecule has 0 saturated heterocycles. The Hall–Kier alpha value is -3.75. The monoisotopic (exact) mass is 358 g/mol. The van der Waals surface area contributed by atoms with Crippen LogP contribution >= 0.6 is 0 Å². The highest BCUT2D eigenvalue weighted by atomic mass is 16.6. The first-order valence-corrected chi connectivity index (χ1v) is 7.63. The van der Waals surface area contributed by atoms with Gasteiger partial charge >= 0.3 is 18.2 Å². The van der Waals surface area contributed by atoms with Gasteiger partial charge in [0.15, 0.2) is 0 Å². The summed E-state index contributed by atoms with van der Waals surface area (Å²) in [5.74, 6) is 0. The van der Waals surface area contributed by atoms with Crippen LogP contribution < -0.4 is 21.7 Å². The van der Waals surface area contributed by atoms with Crippen LogP contribution in [-0.2, 0) is 22.7 Å². The molecule has 9 nitrogen and oxygen atoms in total. The third-order valence-electron chi connectivity index (χ3n) is 2.98. The van der Waals surface area contributed by atoms with Crippen LogP contribution in [0.15, 0.2) is 60.7 Å². The van der Waals surface area contributed by atoms with Crippen LogP contribution in [0.4, 0.5) is 14.4 Å². The predicted molar refractivity (Wildman–Crippen MR) is 91.2 cm³/mol. The molecule has 0 heterocycles. The van der Waals surface area contributed by atoms with Crippen molar-refractivity contribution in [3.05, 3.63) is 71.8 Å². The molecule has 0 atom stereocenters. The Morgan fingerprint density at radius 1 is 0.615 bits per heavy atom. The van der Waals surface area contributed by atoms with Crippen LogP contribution in [-0.4, -0.2) is 18.2 Å². The topological polar surface area (TPSA) is 118 Å². The summed E-state index contributed by atoms with van der Waals surface area (Å²) in [5.41, 5.74) is 9.65. The van der Waals surface area contributed by atoms with E-state index in [4.69, 9.17) is 9.47 Å². The second-order valence-corrected chi connectivity index (χ2v) is 4.95. The van der Waals surface area contributed by atoms with Crippen molar-refractivity contribution in [2.24, 2.45) is 0 Å². The summed E-state index contributed by atoms with van der Waals surface area (Å²) in [6.45, 7) is 0.111. The molecule has 136 valence electrons. The van der Waals surface area contributed by atoms with Crippen LogP contribution in [0.5, 0.6) is 0 Å². The van der Waals surface area contributed by atoms with Crippen molar-refractivity contribution in [1.82, 2.24) is 21.7 Å². The zero-order valence-electron chi connectivity index (χ0n) is 13.7. The summed E-state index contributed by atoms with van der Waals surface area (Å²) < 4.78 is 9.77. The van der Waals surface area contributed by atoms with E-state index < -0.39 is 18.2 Å². The number of carbonyl (C=O) groups is 3. The average molecular weight is 358 g/mol. The van der Waals surface area contributed by atoms with Gasteiger partial charge in [-0.15, -0.1) is 0 Å². The van der Waals surface area contributed by atoms with Gasteiger partial charge in [-0.1, -0.05) is 60.7 Å². The summed E-state index contributed by atoms with van der Waals surface area (Å²) in [4.78, 5) is 34.3. The molecule has 0 aliphatic rings. The average Bonchev–Trinajstić information content (AvgIpc) is 2.69. The first kappa shape index (κ1) is 18.6. The van der Waals surface area contributed by atoms with Crippen molar-refractivity contribution in [2.45, 2.75) is 13.2 Å². The van der Waals surface area contributed by atoms with Crippen LogP contribution in [0.25, 0.3) is 0 Å². The molecule has 26 heavy (non-hydrogen) atoms. The van der Waals surface area contributed by atoms with Crippen LogP contribution in [0.2, 0.25) is 0 Å². The second-order valence-electron chi connectivity index (χ2n) is 4.95. The standard InChI is InChI=1S/C17H18N4O5/c22-15(18-20-16(23)25-11-13-7-3-1-4-8-13)19-21-17(24)26-12-14-9-5-2-6-10-14/h1-10H,11-12H2,(H,20,23)(H,21,24)(H2,18,19,22). The van der Waals surface area contributed by atoms with E-state index >= 15 is 0 Å². The summed E-state index contributed by atoms with van der Waals surface area (Å²) in [7, 11) is 0. The van der Waals surface area contributed by atoms with E-state index in [-0.39, 0.29) is 13.2 Å². The van der Waals surface area contributed by atoms with Gasteiger partial charge in [0.25, 0.3) is 0 Å². The molecule has 0 unspecified atom stereocenters. The van der Waals surface area contributed by atoms with Gasteiger partial charge in [-0.2, -0.15) is 0 Å². The number of urea groups is 1. The van der Waals surface area contributed by atoms with Gasteiger partial charge in [-0.3, -0.25) is 0 Å². The number of ether oxygens (including phenoxy) is 2. The number of benzene rings is 2. The molecule has 4 amide bonds. The highest BCUT2D eigenvalue weighted by Gasteiger charge is 2.07. The maximum absolute atomic E-state index is 11.4. The number of hydrazine groups is 2. The van der Waals surface area contributed by atoms with E-state index in [1.165, 1.54) is 0 Å². The first-order chi connectivity index (χ1) is 12.6. The second kappa shape index (κ2) is 10.2. The molecule has 0 aliphatic heterocycles. The third-order valence-corrected chi connectivity index (χ3v) is 2.98. The van der Waals surface area contributed by atoms with Gasteiger partial charge in [-0.25, -0.2) is 36.1 Å². The van der Waals surface area contributed by atoms with E-state index in [1.54, 1.807) is 24.3 Å². The van der Waals surface area contributed by atoms with Crippen molar-refractivity contribution in [3.8, 4) is 0 Å². The van der Waals surface area contributed by atoms with Gasteiger partial charge in [0.1, 0.15) is 13.2 Å². The highest BCUT2D eigenvalue weighted by Crippen LogP contribution is 2.00. The Morgan fingerprint density at radius 3 is 1.38 bits per heavy atom. The van der Waals surface area contributed by atoms with Gasteiger partial charge in [0.05, 0.1) is 0 Å². The van der Waals surface area contributed by atoms with E-state index in [1.807, 2.05) is 58.1 Å². The molecular formula is C17H18N4O5. The molecule has 0 radical (unpaired) electrons. The lowest BCUT2D eigenvalue weighted by molar-refractivity contribution is 0.132. The molecule has 0 fully saturated rings. The maximum atomic E-state index is 11.4. The zero-order valence-corrected chi connectivity index (χ0v) is 13.7. The lowest BCUT2D eigenvalue weighted by Gasteiger charge is -2.10. The van der Waals surface area contributed by atoms with E-state index in [0.29, 0.717) is 0 Å². The Morgan fingerprint density at radius 2 is 1.00 bits per heavy atom. The number of carbonyl (C=O) groups excluding carboxylic acids is 3. The molecule has 2 rings (SSSR count). The molecule has 2 aromatic rings. The first-order valence-electron chi connectivity index (χ1n) is 7.63. The summed E-state index contributed by atoms with van der Waals surface area (Å²) in [6.07, 6.45) is -1.70. The minimum Gasteiger partial charge on any atom is -0.443 e. The minimum absolute atomic E-state index is 0.0556. The molecule has 0 aliphatic carbocycles. The number of rotatable bonds is 4. The van der Waals surface area contributed by atoms with Crippen molar-refractivity contribution < 1.29 is 23.9 Å². The summed E-state index contributed by atoms with van der Waals surface area (Å²) in [6, 6.07) is 17.2. The molecule has 0 spiro atoms. The van der Waals surface area contributed by atoms with E-state index in [9.17, 15) is 14.4 Å². The number of amides is 4. The molecule has 0 aromatic heterocycles. The summed E-state index contributed by atoms with van der Waals surface area (Å²) >= 11 is 0.